The van der Waals surface area contributed by atoms with E-state index < -0.39 is 0 Å². The normalized spacial score (nSPS) is 14.7. The standard InChI is InChI=1S/C16H13N2O2/c19-15-12-20-16(14-9-5-2-6-10-14)17-18(15)11-13-7-3-1-4-8-13/h2-10H,11-12H2. The Bertz CT molecular complexity index is 623. The average Bonchev–Trinajstić information content (AvgIpc) is 2.51. The van der Waals surface area contributed by atoms with Crippen LogP contribution in [0.25, 0.3) is 0 Å². The fourth-order valence-corrected chi connectivity index (χ4v) is 1.94. The van der Waals surface area contributed by atoms with Gasteiger partial charge in [-0.2, -0.15) is 0 Å². The third-order valence-electron chi connectivity index (χ3n) is 2.97. The lowest BCUT2D eigenvalue weighted by Crippen LogP contribution is -2.36. The number of amides is 1. The van der Waals surface area contributed by atoms with Gasteiger partial charge in [-0.1, -0.05) is 42.5 Å². The summed E-state index contributed by atoms with van der Waals surface area (Å²) in [4.78, 5) is 11.9. The first-order valence-corrected chi connectivity index (χ1v) is 6.35. The fraction of sp³-hybridized carbons (Fsp3) is 0.125. The number of rotatable bonds is 3. The second-order valence-electron chi connectivity index (χ2n) is 4.42. The van der Waals surface area contributed by atoms with Crippen molar-refractivity contribution in [2.24, 2.45) is 5.10 Å². The summed E-state index contributed by atoms with van der Waals surface area (Å²) in [5.74, 6) is 0.338. The highest BCUT2D eigenvalue weighted by Gasteiger charge is 2.22. The van der Waals surface area contributed by atoms with Crippen molar-refractivity contribution in [2.75, 3.05) is 6.61 Å². The van der Waals surface area contributed by atoms with E-state index in [4.69, 9.17) is 4.74 Å². The van der Waals surface area contributed by atoms with Crippen LogP contribution in [-0.4, -0.2) is 23.4 Å². The maximum absolute atomic E-state index is 11.9. The van der Waals surface area contributed by atoms with E-state index in [-0.39, 0.29) is 12.5 Å². The lowest BCUT2D eigenvalue weighted by atomic mass is 10.2. The summed E-state index contributed by atoms with van der Waals surface area (Å²) in [6, 6.07) is 20.0. The summed E-state index contributed by atoms with van der Waals surface area (Å²) in [7, 11) is 0. The average molecular weight is 265 g/mol. The predicted molar refractivity (Wildman–Crippen MR) is 74.8 cm³/mol. The largest absolute Gasteiger partial charge is 0.466 e. The van der Waals surface area contributed by atoms with Crippen LogP contribution in [0.4, 0.5) is 0 Å². The number of benzene rings is 2. The zero-order valence-corrected chi connectivity index (χ0v) is 10.8. The summed E-state index contributed by atoms with van der Waals surface area (Å²) >= 11 is 0. The van der Waals surface area contributed by atoms with E-state index in [1.165, 1.54) is 5.01 Å². The summed E-state index contributed by atoms with van der Waals surface area (Å²) in [5.41, 5.74) is 1.88. The maximum Gasteiger partial charge on any atom is 0.281 e. The summed E-state index contributed by atoms with van der Waals surface area (Å²) in [5, 5.41) is 5.74. The Morgan fingerprint density at radius 1 is 1.15 bits per heavy atom. The SMILES string of the molecule is O=C1COC(c2ccccc2)=NN1Cc1cc[c]cc1. The molecule has 99 valence electrons. The molecule has 1 heterocycles. The van der Waals surface area contributed by atoms with E-state index in [9.17, 15) is 4.79 Å². The third-order valence-corrected chi connectivity index (χ3v) is 2.97. The summed E-state index contributed by atoms with van der Waals surface area (Å²) in [6.45, 7) is 0.458. The fourth-order valence-electron chi connectivity index (χ4n) is 1.94. The highest BCUT2D eigenvalue weighted by molar-refractivity contribution is 5.97. The van der Waals surface area contributed by atoms with Crippen LogP contribution in [0.2, 0.25) is 0 Å². The van der Waals surface area contributed by atoms with Gasteiger partial charge in [-0.3, -0.25) is 4.79 Å². The van der Waals surface area contributed by atoms with Gasteiger partial charge in [0.05, 0.1) is 6.54 Å². The molecule has 0 N–H and O–H groups in total. The Balaban J connectivity index is 1.84. The molecule has 0 unspecified atom stereocenters. The zero-order chi connectivity index (χ0) is 13.8. The van der Waals surface area contributed by atoms with Crippen molar-refractivity contribution in [2.45, 2.75) is 6.54 Å². The molecule has 2 aromatic carbocycles. The molecule has 20 heavy (non-hydrogen) atoms. The molecular weight excluding hydrogens is 252 g/mol. The molecule has 1 amide bonds. The Kier molecular flexibility index (Phi) is 3.46. The minimum Gasteiger partial charge on any atom is -0.466 e. The van der Waals surface area contributed by atoms with Gasteiger partial charge in [-0.25, -0.2) is 5.01 Å². The molecule has 1 aliphatic heterocycles. The minimum absolute atomic E-state index is 0.0205. The van der Waals surface area contributed by atoms with Gasteiger partial charge in [0, 0.05) is 5.56 Å². The molecule has 0 aliphatic carbocycles. The zero-order valence-electron chi connectivity index (χ0n) is 10.8. The predicted octanol–water partition coefficient (Wildman–Crippen LogP) is 2.21. The van der Waals surface area contributed by atoms with Crippen LogP contribution < -0.4 is 0 Å². The topological polar surface area (TPSA) is 41.9 Å². The van der Waals surface area contributed by atoms with Gasteiger partial charge < -0.3 is 4.74 Å². The maximum atomic E-state index is 11.9. The molecule has 0 atom stereocenters. The number of hydrogen-bond donors (Lipinski definition) is 0. The lowest BCUT2D eigenvalue weighted by molar-refractivity contribution is -0.136. The molecular formula is C16H13N2O2. The molecule has 4 nitrogen and oxygen atoms in total. The molecule has 1 radical (unpaired) electrons. The second kappa shape index (κ2) is 5.57. The number of hydrogen-bond acceptors (Lipinski definition) is 3. The number of carbonyl (C=O) groups excluding carboxylic acids is 1. The van der Waals surface area contributed by atoms with E-state index >= 15 is 0 Å². The monoisotopic (exact) mass is 265 g/mol. The van der Waals surface area contributed by atoms with Crippen molar-refractivity contribution < 1.29 is 9.53 Å². The molecule has 0 spiro atoms. The Hall–Kier alpha value is -2.62. The van der Waals surface area contributed by atoms with Gasteiger partial charge >= 0.3 is 0 Å². The molecule has 0 saturated carbocycles. The van der Waals surface area contributed by atoms with E-state index in [0.29, 0.717) is 12.4 Å². The molecule has 4 heteroatoms. The van der Waals surface area contributed by atoms with E-state index in [1.54, 1.807) is 0 Å². The van der Waals surface area contributed by atoms with E-state index in [1.807, 2.05) is 54.6 Å². The van der Waals surface area contributed by atoms with Gasteiger partial charge in [0.1, 0.15) is 0 Å². The third kappa shape index (κ3) is 2.69. The van der Waals surface area contributed by atoms with Crippen molar-refractivity contribution in [3.63, 3.8) is 0 Å². The summed E-state index contributed by atoms with van der Waals surface area (Å²) in [6.07, 6.45) is 0. The van der Waals surface area contributed by atoms with E-state index in [2.05, 4.69) is 11.2 Å². The first-order chi connectivity index (χ1) is 9.83. The number of hydrazone groups is 1. The van der Waals surface area contributed by atoms with Crippen LogP contribution >= 0.6 is 0 Å². The number of nitrogens with zero attached hydrogens (tertiary/aromatic N) is 2. The van der Waals surface area contributed by atoms with Crippen molar-refractivity contribution in [1.82, 2.24) is 5.01 Å². The molecule has 0 bridgehead atoms. The summed E-state index contributed by atoms with van der Waals surface area (Å²) < 4.78 is 5.40. The molecule has 2 aromatic rings. The molecule has 3 rings (SSSR count). The van der Waals surface area contributed by atoms with Crippen molar-refractivity contribution >= 4 is 11.8 Å². The van der Waals surface area contributed by atoms with Crippen molar-refractivity contribution in [3.05, 3.63) is 71.8 Å². The van der Waals surface area contributed by atoms with Gasteiger partial charge in [0.2, 0.25) is 5.90 Å². The van der Waals surface area contributed by atoms with E-state index in [0.717, 1.165) is 11.1 Å². The molecule has 0 aromatic heterocycles. The first kappa shape index (κ1) is 12.4. The van der Waals surface area contributed by atoms with Crippen LogP contribution in [0.1, 0.15) is 11.1 Å². The highest BCUT2D eigenvalue weighted by Crippen LogP contribution is 2.13. The van der Waals surface area contributed by atoms with Crippen molar-refractivity contribution in [1.29, 1.82) is 0 Å². The Morgan fingerprint density at radius 3 is 2.65 bits per heavy atom. The van der Waals surface area contributed by atoms with Crippen LogP contribution in [-0.2, 0) is 16.1 Å². The molecule has 0 saturated heterocycles. The Labute approximate surface area is 117 Å². The lowest BCUT2D eigenvalue weighted by Gasteiger charge is -2.23. The van der Waals surface area contributed by atoms with Crippen LogP contribution in [0.5, 0.6) is 0 Å². The second-order valence-corrected chi connectivity index (χ2v) is 4.42. The highest BCUT2D eigenvalue weighted by atomic mass is 16.5. The first-order valence-electron chi connectivity index (χ1n) is 6.35. The van der Waals surface area contributed by atoms with Crippen LogP contribution in [0.3, 0.4) is 0 Å². The van der Waals surface area contributed by atoms with Crippen molar-refractivity contribution in [3.8, 4) is 0 Å². The van der Waals surface area contributed by atoms with Gasteiger partial charge in [-0.15, -0.1) is 5.10 Å². The molecule has 1 aliphatic rings. The van der Waals surface area contributed by atoms with Crippen LogP contribution in [0, 0.1) is 6.07 Å². The smallest absolute Gasteiger partial charge is 0.281 e. The quantitative estimate of drug-likeness (QED) is 0.853. The van der Waals surface area contributed by atoms with Crippen LogP contribution in [0.15, 0.2) is 59.7 Å². The van der Waals surface area contributed by atoms with Gasteiger partial charge in [0.15, 0.2) is 6.61 Å². The number of ether oxygens (including phenoxy) is 1. The number of carbonyl (C=O) groups is 1. The van der Waals surface area contributed by atoms with Gasteiger partial charge in [-0.05, 0) is 23.8 Å². The minimum atomic E-state index is -0.141. The van der Waals surface area contributed by atoms with Gasteiger partial charge in [0.25, 0.3) is 5.91 Å². The molecule has 0 fully saturated rings. The Morgan fingerprint density at radius 2 is 1.90 bits per heavy atom.